The van der Waals surface area contributed by atoms with Gasteiger partial charge in [0.15, 0.2) is 0 Å². The molecule has 0 atom stereocenters. The summed E-state index contributed by atoms with van der Waals surface area (Å²) in [6.07, 6.45) is 1.52. The van der Waals surface area contributed by atoms with Crippen molar-refractivity contribution in [3.05, 3.63) is 74.8 Å². The van der Waals surface area contributed by atoms with E-state index in [0.29, 0.717) is 27.5 Å². The number of halogens is 2. The lowest BCUT2D eigenvalue weighted by atomic mass is 10.2. The van der Waals surface area contributed by atoms with Crippen LogP contribution >= 0.6 is 23.2 Å². The van der Waals surface area contributed by atoms with E-state index in [1.807, 2.05) is 18.2 Å². The fraction of sp³-hybridized carbons (Fsp3) is 0.0667. The van der Waals surface area contributed by atoms with Gasteiger partial charge in [0.2, 0.25) is 0 Å². The van der Waals surface area contributed by atoms with E-state index < -0.39 is 0 Å². The third kappa shape index (κ3) is 2.30. The molecule has 0 saturated carbocycles. The van der Waals surface area contributed by atoms with Crippen molar-refractivity contribution in [2.24, 2.45) is 0 Å². The van der Waals surface area contributed by atoms with Gasteiger partial charge in [0.05, 0.1) is 23.8 Å². The van der Waals surface area contributed by atoms with Gasteiger partial charge in [0.25, 0.3) is 5.56 Å². The summed E-state index contributed by atoms with van der Waals surface area (Å²) in [5.74, 6) is 0. The Labute approximate surface area is 125 Å². The molecule has 1 aromatic heterocycles. The predicted octanol–water partition coefficient (Wildman–Crippen LogP) is 3.75. The Balaban J connectivity index is 2.12. The summed E-state index contributed by atoms with van der Waals surface area (Å²) in [6.45, 7) is 0.301. The largest absolute Gasteiger partial charge is 0.294 e. The van der Waals surface area contributed by atoms with Crippen LogP contribution in [0.3, 0.4) is 0 Å². The van der Waals surface area contributed by atoms with Crippen molar-refractivity contribution in [1.82, 2.24) is 9.55 Å². The van der Waals surface area contributed by atoms with Crippen LogP contribution in [0.4, 0.5) is 0 Å². The van der Waals surface area contributed by atoms with Crippen LogP contribution in [0.15, 0.2) is 53.6 Å². The van der Waals surface area contributed by atoms with Crippen LogP contribution in [0.5, 0.6) is 0 Å². The zero-order chi connectivity index (χ0) is 14.1. The van der Waals surface area contributed by atoms with E-state index in [4.69, 9.17) is 23.2 Å². The van der Waals surface area contributed by atoms with Crippen LogP contribution in [-0.2, 0) is 6.54 Å². The molecule has 0 fully saturated rings. The van der Waals surface area contributed by atoms with E-state index in [1.165, 1.54) is 10.9 Å². The summed E-state index contributed by atoms with van der Waals surface area (Å²) in [5, 5.41) is 1.66. The zero-order valence-electron chi connectivity index (χ0n) is 10.4. The summed E-state index contributed by atoms with van der Waals surface area (Å²) in [7, 11) is 0. The number of para-hydroxylation sites is 1. The van der Waals surface area contributed by atoms with Crippen LogP contribution in [0, 0.1) is 0 Å². The summed E-state index contributed by atoms with van der Waals surface area (Å²) in [5.41, 5.74) is 1.29. The molecule has 20 heavy (non-hydrogen) atoms. The van der Waals surface area contributed by atoms with E-state index in [2.05, 4.69) is 4.98 Å². The van der Waals surface area contributed by atoms with E-state index >= 15 is 0 Å². The van der Waals surface area contributed by atoms with E-state index in [0.717, 1.165) is 5.56 Å². The highest BCUT2D eigenvalue weighted by molar-refractivity contribution is 6.35. The smallest absolute Gasteiger partial charge is 0.261 e. The standard InChI is InChI=1S/C15H10Cl2N2O/c16-12-5-3-6-13(17)11(12)8-19-9-18-14-7-2-1-4-10(14)15(19)20/h1-7,9H,8H2. The number of aromatic nitrogens is 2. The number of hydrogen-bond acceptors (Lipinski definition) is 2. The van der Waals surface area contributed by atoms with Crippen LogP contribution in [0.1, 0.15) is 5.56 Å². The van der Waals surface area contributed by atoms with Gasteiger partial charge in [-0.1, -0.05) is 41.4 Å². The van der Waals surface area contributed by atoms with Crippen molar-refractivity contribution in [3.8, 4) is 0 Å². The van der Waals surface area contributed by atoms with E-state index in [1.54, 1.807) is 24.3 Å². The topological polar surface area (TPSA) is 34.9 Å². The molecule has 3 aromatic rings. The molecule has 100 valence electrons. The first-order valence-corrected chi connectivity index (χ1v) is 6.79. The Morgan fingerprint density at radius 3 is 2.45 bits per heavy atom. The van der Waals surface area contributed by atoms with Crippen molar-refractivity contribution < 1.29 is 0 Å². The minimum atomic E-state index is -0.105. The van der Waals surface area contributed by atoms with Gasteiger partial charge in [-0.05, 0) is 24.3 Å². The average Bonchev–Trinajstić information content (AvgIpc) is 2.45. The van der Waals surface area contributed by atoms with Gasteiger partial charge in [0, 0.05) is 15.6 Å². The van der Waals surface area contributed by atoms with Crippen molar-refractivity contribution in [2.45, 2.75) is 6.54 Å². The molecule has 2 aromatic carbocycles. The molecular formula is C15H10Cl2N2O. The van der Waals surface area contributed by atoms with Crippen LogP contribution < -0.4 is 5.56 Å². The Bertz CT molecular complexity index is 822. The molecule has 0 amide bonds. The summed E-state index contributed by atoms with van der Waals surface area (Å²) < 4.78 is 1.51. The van der Waals surface area contributed by atoms with Crippen molar-refractivity contribution in [2.75, 3.05) is 0 Å². The molecule has 0 bridgehead atoms. The maximum Gasteiger partial charge on any atom is 0.261 e. The molecular weight excluding hydrogens is 295 g/mol. The van der Waals surface area contributed by atoms with Crippen molar-refractivity contribution >= 4 is 34.1 Å². The van der Waals surface area contributed by atoms with Crippen molar-refractivity contribution in [1.29, 1.82) is 0 Å². The van der Waals surface area contributed by atoms with Crippen molar-refractivity contribution in [3.63, 3.8) is 0 Å². The monoisotopic (exact) mass is 304 g/mol. The molecule has 0 aliphatic heterocycles. The Kier molecular flexibility index (Phi) is 3.47. The molecule has 0 aliphatic rings. The lowest BCUT2D eigenvalue weighted by molar-refractivity contribution is 0.748. The predicted molar refractivity (Wildman–Crippen MR) is 81.6 cm³/mol. The molecule has 0 spiro atoms. The van der Waals surface area contributed by atoms with Crippen LogP contribution in [-0.4, -0.2) is 9.55 Å². The van der Waals surface area contributed by atoms with Crippen LogP contribution in [0.2, 0.25) is 10.0 Å². The Morgan fingerprint density at radius 1 is 1.00 bits per heavy atom. The molecule has 5 heteroatoms. The summed E-state index contributed by atoms with van der Waals surface area (Å²) >= 11 is 12.3. The number of nitrogens with zero attached hydrogens (tertiary/aromatic N) is 2. The van der Waals surface area contributed by atoms with Gasteiger partial charge in [-0.15, -0.1) is 0 Å². The minimum absolute atomic E-state index is 0.105. The Hall–Kier alpha value is -1.84. The SMILES string of the molecule is O=c1c2ccccc2ncn1Cc1c(Cl)cccc1Cl. The van der Waals surface area contributed by atoms with E-state index in [9.17, 15) is 4.79 Å². The van der Waals surface area contributed by atoms with Gasteiger partial charge in [-0.3, -0.25) is 9.36 Å². The first-order chi connectivity index (χ1) is 9.66. The molecule has 3 rings (SSSR count). The van der Waals surface area contributed by atoms with Gasteiger partial charge in [-0.2, -0.15) is 0 Å². The lowest BCUT2D eigenvalue weighted by Gasteiger charge is -2.09. The van der Waals surface area contributed by atoms with Gasteiger partial charge >= 0.3 is 0 Å². The quantitative estimate of drug-likeness (QED) is 0.722. The first kappa shape index (κ1) is 13.2. The summed E-state index contributed by atoms with van der Waals surface area (Å²) in [4.78, 5) is 16.7. The molecule has 0 saturated heterocycles. The molecule has 3 nitrogen and oxygen atoms in total. The van der Waals surface area contributed by atoms with Gasteiger partial charge in [0.1, 0.15) is 0 Å². The zero-order valence-corrected chi connectivity index (χ0v) is 11.9. The lowest BCUT2D eigenvalue weighted by Crippen LogP contribution is -2.21. The second-order valence-electron chi connectivity index (χ2n) is 4.39. The third-order valence-corrected chi connectivity index (χ3v) is 3.83. The molecule has 0 N–H and O–H groups in total. The Morgan fingerprint density at radius 2 is 1.70 bits per heavy atom. The maximum absolute atomic E-state index is 12.4. The third-order valence-electron chi connectivity index (χ3n) is 3.12. The molecule has 0 unspecified atom stereocenters. The summed E-state index contributed by atoms with van der Waals surface area (Å²) in [6, 6.07) is 12.5. The second kappa shape index (κ2) is 5.27. The normalized spacial score (nSPS) is 10.9. The molecule has 1 heterocycles. The minimum Gasteiger partial charge on any atom is -0.294 e. The fourth-order valence-corrected chi connectivity index (χ4v) is 2.59. The maximum atomic E-state index is 12.4. The van der Waals surface area contributed by atoms with E-state index in [-0.39, 0.29) is 5.56 Å². The second-order valence-corrected chi connectivity index (χ2v) is 5.21. The van der Waals surface area contributed by atoms with Gasteiger partial charge < -0.3 is 0 Å². The first-order valence-electron chi connectivity index (χ1n) is 6.04. The number of hydrogen-bond donors (Lipinski definition) is 0. The molecule has 0 radical (unpaired) electrons. The van der Waals surface area contributed by atoms with Crippen LogP contribution in [0.25, 0.3) is 10.9 Å². The number of benzene rings is 2. The average molecular weight is 305 g/mol. The highest BCUT2D eigenvalue weighted by Gasteiger charge is 2.09. The number of fused-ring (bicyclic) bond motifs is 1. The number of rotatable bonds is 2. The van der Waals surface area contributed by atoms with Gasteiger partial charge in [-0.25, -0.2) is 4.98 Å². The molecule has 0 aliphatic carbocycles. The highest BCUT2D eigenvalue weighted by Crippen LogP contribution is 2.24. The fourth-order valence-electron chi connectivity index (χ4n) is 2.07. The highest BCUT2D eigenvalue weighted by atomic mass is 35.5.